The Labute approximate surface area is 698 Å². The summed E-state index contributed by atoms with van der Waals surface area (Å²) < 4.78 is 12.2. The van der Waals surface area contributed by atoms with Crippen LogP contribution in [0.3, 0.4) is 0 Å². The summed E-state index contributed by atoms with van der Waals surface area (Å²) in [4.78, 5) is 41.6. The molecule has 0 fully saturated rings. The van der Waals surface area contributed by atoms with Crippen molar-refractivity contribution in [3.63, 3.8) is 0 Å². The molecule has 0 saturated heterocycles. The Bertz CT molecular complexity index is 6740. The van der Waals surface area contributed by atoms with Gasteiger partial charge in [0.25, 0.3) is 5.69 Å². The Kier molecular flexibility index (Phi) is 23.6. The van der Waals surface area contributed by atoms with Crippen LogP contribution in [-0.4, -0.2) is 30.1 Å². The van der Waals surface area contributed by atoms with Gasteiger partial charge in [0.15, 0.2) is 0 Å². The SMILES string of the molecule is CCCCCCCCCCOC(=O)c1cc2cc(c1)C#Cc1cc3cc(c4cccc(C)c4c3c3c(C)cccc13)C#Cc1cc(cc([N+](=O)[O-])c1)C#Cc1cc3cc(c4cccc(C)c4c3c3c(C)cccc13)C#Cc1cc(cc(C(=O)OCCCCCCCCCC)c1)C#Cc1cc3cc(c4cccc(C)c4c3c3c(C)cccc13)C#C2. The zero-order chi connectivity index (χ0) is 82.2. The molecule has 16 rings (SSSR count). The molecule has 7 heteroatoms. The molecule has 582 valence electrons. The van der Waals surface area contributed by atoms with Crippen molar-refractivity contribution >= 4 is 115 Å². The van der Waals surface area contributed by atoms with Gasteiger partial charge >= 0.3 is 11.9 Å². The highest BCUT2D eigenvalue weighted by Gasteiger charge is 2.22. The molecule has 1 aliphatic carbocycles. The van der Waals surface area contributed by atoms with Gasteiger partial charge in [-0.3, -0.25) is 10.1 Å². The third-order valence-electron chi connectivity index (χ3n) is 23.5. The molecule has 0 unspecified atom stereocenters. The van der Waals surface area contributed by atoms with E-state index in [0.29, 0.717) is 57.7 Å². The first-order valence-corrected chi connectivity index (χ1v) is 42.3. The molecule has 0 aliphatic heterocycles. The van der Waals surface area contributed by atoms with Gasteiger partial charge in [-0.25, -0.2) is 9.59 Å². The average Bonchev–Trinajstić information content (AvgIpc) is 0.739. The van der Waals surface area contributed by atoms with Gasteiger partial charge < -0.3 is 9.47 Å². The summed E-state index contributed by atoms with van der Waals surface area (Å²) in [6.45, 7) is 17.9. The lowest BCUT2D eigenvalue weighted by Gasteiger charge is -2.15. The van der Waals surface area contributed by atoms with Crippen LogP contribution in [0.25, 0.3) is 97.0 Å². The van der Waals surface area contributed by atoms with Gasteiger partial charge in [-0.05, 0) is 264 Å². The molecule has 0 spiro atoms. The van der Waals surface area contributed by atoms with Crippen LogP contribution in [0, 0.1) is 123 Å². The van der Waals surface area contributed by atoms with Crippen molar-refractivity contribution in [2.75, 3.05) is 13.2 Å². The van der Waals surface area contributed by atoms with E-state index in [2.05, 4.69) is 260 Å². The summed E-state index contributed by atoms with van der Waals surface area (Å²) in [5.41, 5.74) is 15.0. The molecule has 119 heavy (non-hydrogen) atoms. The quantitative estimate of drug-likeness (QED) is 0.0178. The summed E-state index contributed by atoms with van der Waals surface area (Å²) in [7, 11) is 0. The molecular weight excluding hydrogens is 1460 g/mol. The second-order valence-corrected chi connectivity index (χ2v) is 32.2. The number of aryl methyl sites for hydroxylation is 6. The van der Waals surface area contributed by atoms with Gasteiger partial charge in [0.05, 0.1) is 29.3 Å². The van der Waals surface area contributed by atoms with Crippen LogP contribution in [0.15, 0.2) is 200 Å². The Balaban J connectivity index is 0.912. The number of esters is 2. The molecule has 0 radical (unpaired) electrons. The number of hydrogen-bond donors (Lipinski definition) is 0. The molecule has 0 aromatic heterocycles. The Hall–Kier alpha value is -13.7. The zero-order valence-corrected chi connectivity index (χ0v) is 69.2. The number of hydrogen-bond acceptors (Lipinski definition) is 6. The number of nitro groups is 1. The van der Waals surface area contributed by atoms with Gasteiger partial charge in [0.1, 0.15) is 0 Å². The fourth-order valence-corrected chi connectivity index (χ4v) is 17.6. The monoisotopic (exact) mass is 1550 g/mol. The molecule has 15 bridgehead atoms. The van der Waals surface area contributed by atoms with Crippen LogP contribution in [0.5, 0.6) is 0 Å². The number of unbranched alkanes of at least 4 members (excludes halogenated alkanes) is 14. The number of fused-ring (bicyclic) bond motifs is 30. The van der Waals surface area contributed by atoms with Crippen LogP contribution in [0.1, 0.15) is 237 Å². The number of non-ortho nitro benzene ring substituents is 1. The fraction of sp³-hybridized carbons (Fsp3) is 0.232. The first-order chi connectivity index (χ1) is 58.0. The topological polar surface area (TPSA) is 95.7 Å². The van der Waals surface area contributed by atoms with Crippen LogP contribution in [0.4, 0.5) is 5.69 Å². The van der Waals surface area contributed by atoms with Crippen LogP contribution < -0.4 is 0 Å². The first kappa shape index (κ1) is 79.2. The van der Waals surface area contributed by atoms with E-state index in [-0.39, 0.29) is 5.69 Å². The summed E-state index contributed by atoms with van der Waals surface area (Å²) in [5.74, 6) is 41.7. The standard InChI is InChI=1S/C112H93NO6/c1-9-11-13-15-17-19-21-23-55-118-111(114)93-60-78-43-49-84-66-90-67-85(97-38-26-32-73(4)103(97)108(90)102-72(3)31-25-37-96(84)102)50-44-79-58-81(63-94(61-79)112(115)119-56-24-22-20-18-16-14-12-10-2)46-52-87-69-92-71-89(101-42-30-36-77(8)107(101)110(92)105-75(6)34-28-40-99(87)105)54-48-83-59-82(64-95(65-83)113(116)117)47-53-88-70-91-68-86(51-45-80(57-78)62-93)98-39-27-33-74(5)104(98)109(91)106-76(7)35-29-41-100(88)106/h25-42,57-71H,9-24,55-56H2,1-8H3. The summed E-state index contributed by atoms with van der Waals surface area (Å²) in [6, 6.07) is 66.8. The highest BCUT2D eigenvalue weighted by atomic mass is 16.6. The number of carbonyl (C=O) groups excluding carboxylic acids is 2. The van der Waals surface area contributed by atoms with Gasteiger partial charge in [0, 0.05) is 78.9 Å². The highest BCUT2D eigenvalue weighted by Crippen LogP contribution is 2.43. The number of nitrogens with zero attached hydrogens (tertiary/aromatic N) is 1. The normalized spacial score (nSPS) is 11.6. The van der Waals surface area contributed by atoms with E-state index in [1.807, 2.05) is 54.6 Å². The summed E-state index contributed by atoms with van der Waals surface area (Å²) in [6.07, 6.45) is 17.9. The van der Waals surface area contributed by atoms with Crippen LogP contribution >= 0.6 is 0 Å². The Morgan fingerprint density at radius 3 is 0.723 bits per heavy atom. The van der Waals surface area contributed by atoms with E-state index in [4.69, 9.17) is 9.47 Å². The van der Waals surface area contributed by atoms with Crippen LogP contribution in [0.2, 0.25) is 0 Å². The maximum atomic E-state index is 14.5. The molecule has 0 amide bonds. The fourth-order valence-electron chi connectivity index (χ4n) is 17.6. The Morgan fingerprint density at radius 2 is 0.496 bits per heavy atom. The number of ether oxygens (including phenoxy) is 2. The Morgan fingerprint density at radius 1 is 0.277 bits per heavy atom. The predicted molar refractivity (Wildman–Crippen MR) is 493 cm³/mol. The first-order valence-electron chi connectivity index (χ1n) is 42.3. The molecule has 1 aliphatic rings. The minimum absolute atomic E-state index is 0.131. The van der Waals surface area contributed by atoms with Crippen LogP contribution in [-0.2, 0) is 9.47 Å². The van der Waals surface area contributed by atoms with Gasteiger partial charge in [-0.2, -0.15) is 0 Å². The lowest BCUT2D eigenvalue weighted by molar-refractivity contribution is -0.384. The highest BCUT2D eigenvalue weighted by molar-refractivity contribution is 6.27. The van der Waals surface area contributed by atoms with Crippen molar-refractivity contribution in [3.05, 3.63) is 322 Å². The molecule has 15 aromatic rings. The van der Waals surface area contributed by atoms with E-state index >= 15 is 0 Å². The third-order valence-corrected chi connectivity index (χ3v) is 23.5. The molecular formula is C112H93NO6. The van der Waals surface area contributed by atoms with Crippen molar-refractivity contribution in [2.45, 2.75) is 158 Å². The van der Waals surface area contributed by atoms with E-state index in [1.165, 1.54) is 76.3 Å². The minimum atomic E-state index is -0.436. The van der Waals surface area contributed by atoms with E-state index in [1.54, 1.807) is 0 Å². The van der Waals surface area contributed by atoms with Gasteiger partial charge in [-0.15, -0.1) is 0 Å². The van der Waals surface area contributed by atoms with Gasteiger partial charge in [0.2, 0.25) is 0 Å². The minimum Gasteiger partial charge on any atom is -0.462 e. The number of nitro benzene ring substituents is 1. The molecule has 7 nitrogen and oxygen atoms in total. The molecule has 15 aromatic carbocycles. The summed E-state index contributed by atoms with van der Waals surface area (Å²) >= 11 is 0. The number of rotatable bonds is 21. The molecule has 0 saturated carbocycles. The second kappa shape index (κ2) is 35.4. The van der Waals surface area contributed by atoms with Crippen molar-refractivity contribution in [3.8, 4) is 71.0 Å². The maximum absolute atomic E-state index is 14.5. The lowest BCUT2D eigenvalue weighted by Crippen LogP contribution is -2.07. The third kappa shape index (κ3) is 16.9. The smallest absolute Gasteiger partial charge is 0.338 e. The zero-order valence-electron chi connectivity index (χ0n) is 69.2. The largest absolute Gasteiger partial charge is 0.462 e. The lowest BCUT2D eigenvalue weighted by atomic mass is 9.87. The average molecular weight is 1550 g/mol. The predicted octanol–water partition coefficient (Wildman–Crippen LogP) is 27.1. The maximum Gasteiger partial charge on any atom is 0.338 e. The van der Waals surface area contributed by atoms with Crippen molar-refractivity contribution < 1.29 is 24.0 Å². The summed E-state index contributed by atoms with van der Waals surface area (Å²) in [5, 5.41) is 31.3. The van der Waals surface area contributed by atoms with E-state index in [0.717, 1.165) is 202 Å². The molecule has 0 N–H and O–H groups in total. The molecule has 0 heterocycles. The van der Waals surface area contributed by atoms with Crippen molar-refractivity contribution in [1.82, 2.24) is 0 Å². The van der Waals surface area contributed by atoms with Gasteiger partial charge in [-0.1, -0.05) is 284 Å². The van der Waals surface area contributed by atoms with Crippen molar-refractivity contribution in [1.29, 1.82) is 0 Å². The molecule has 0 atom stereocenters. The number of benzene rings is 15. The second-order valence-electron chi connectivity index (χ2n) is 32.2. The van der Waals surface area contributed by atoms with E-state index < -0.39 is 16.9 Å². The van der Waals surface area contributed by atoms with Crippen molar-refractivity contribution in [2.24, 2.45) is 0 Å². The number of carbonyl (C=O) groups is 2. The van der Waals surface area contributed by atoms with E-state index in [9.17, 15) is 19.7 Å².